The van der Waals surface area contributed by atoms with E-state index in [0.29, 0.717) is 13.0 Å². The number of rotatable bonds is 6. The summed E-state index contributed by atoms with van der Waals surface area (Å²) in [7, 11) is 0. The van der Waals surface area contributed by atoms with Gasteiger partial charge in [-0.15, -0.1) is 11.8 Å². The quantitative estimate of drug-likeness (QED) is 0.580. The van der Waals surface area contributed by atoms with Crippen LogP contribution in [0.3, 0.4) is 0 Å². The normalized spacial score (nSPS) is 14.7. The number of thioether (sulfide) groups is 1. The third-order valence-corrected chi connectivity index (χ3v) is 5.01. The Morgan fingerprint density at radius 2 is 1.77 bits per heavy atom. The fourth-order valence-corrected chi connectivity index (χ4v) is 3.43. The summed E-state index contributed by atoms with van der Waals surface area (Å²) in [5, 5.41) is 5.35. The SMILES string of the molecule is C[C@@H](Sc1ccccc1)C(=O)OCC(=O)N1CCC(c2ccccc2)=N1. The summed E-state index contributed by atoms with van der Waals surface area (Å²) in [5.41, 5.74) is 1.88. The molecule has 26 heavy (non-hydrogen) atoms. The van der Waals surface area contributed by atoms with Crippen molar-refractivity contribution in [2.45, 2.75) is 23.5 Å². The Balaban J connectivity index is 1.49. The van der Waals surface area contributed by atoms with Crippen LogP contribution in [0.5, 0.6) is 0 Å². The molecule has 1 aliphatic rings. The lowest BCUT2D eigenvalue weighted by Crippen LogP contribution is -2.30. The van der Waals surface area contributed by atoms with Crippen LogP contribution in [-0.4, -0.2) is 41.0 Å². The average Bonchev–Trinajstić information content (AvgIpc) is 3.17. The fourth-order valence-electron chi connectivity index (χ4n) is 2.55. The van der Waals surface area contributed by atoms with Crippen molar-refractivity contribution >= 4 is 29.4 Å². The molecule has 0 N–H and O–H groups in total. The minimum absolute atomic E-state index is 0.288. The van der Waals surface area contributed by atoms with E-state index in [0.717, 1.165) is 16.2 Å². The van der Waals surface area contributed by atoms with E-state index < -0.39 is 5.97 Å². The van der Waals surface area contributed by atoms with Crippen LogP contribution in [0.15, 0.2) is 70.7 Å². The van der Waals surface area contributed by atoms with Crippen LogP contribution in [0, 0.1) is 0 Å². The van der Waals surface area contributed by atoms with Crippen molar-refractivity contribution in [2.75, 3.05) is 13.2 Å². The number of ether oxygens (including phenoxy) is 1. The Bertz CT molecular complexity index is 793. The summed E-state index contributed by atoms with van der Waals surface area (Å²) in [4.78, 5) is 25.3. The molecule has 0 spiro atoms. The Morgan fingerprint density at radius 1 is 1.12 bits per heavy atom. The molecule has 0 fully saturated rings. The first kappa shape index (κ1) is 18.2. The summed E-state index contributed by atoms with van der Waals surface area (Å²) in [6.07, 6.45) is 0.698. The van der Waals surface area contributed by atoms with Crippen LogP contribution in [0.2, 0.25) is 0 Å². The molecule has 134 valence electrons. The van der Waals surface area contributed by atoms with E-state index in [1.807, 2.05) is 60.7 Å². The molecule has 1 heterocycles. The monoisotopic (exact) mass is 368 g/mol. The zero-order valence-electron chi connectivity index (χ0n) is 14.5. The van der Waals surface area contributed by atoms with Gasteiger partial charge in [0, 0.05) is 11.3 Å². The van der Waals surface area contributed by atoms with Gasteiger partial charge in [0.15, 0.2) is 6.61 Å². The second kappa shape index (κ2) is 8.67. The molecule has 0 radical (unpaired) electrons. The average molecular weight is 368 g/mol. The van der Waals surface area contributed by atoms with Gasteiger partial charge in [0.1, 0.15) is 5.25 Å². The van der Waals surface area contributed by atoms with Gasteiger partial charge in [-0.05, 0) is 24.6 Å². The van der Waals surface area contributed by atoms with E-state index in [1.54, 1.807) is 6.92 Å². The van der Waals surface area contributed by atoms with Crippen LogP contribution in [0.25, 0.3) is 0 Å². The number of hydrazone groups is 1. The summed E-state index contributed by atoms with van der Waals surface area (Å²) in [5.74, 6) is -0.708. The summed E-state index contributed by atoms with van der Waals surface area (Å²) >= 11 is 1.41. The molecule has 1 atom stereocenters. The highest BCUT2D eigenvalue weighted by Crippen LogP contribution is 2.23. The van der Waals surface area contributed by atoms with Crippen molar-refractivity contribution in [2.24, 2.45) is 5.10 Å². The molecule has 0 bridgehead atoms. The Hall–Kier alpha value is -2.60. The number of benzene rings is 2. The summed E-state index contributed by atoms with van der Waals surface area (Å²) in [6, 6.07) is 19.4. The minimum Gasteiger partial charge on any atom is -0.455 e. The lowest BCUT2D eigenvalue weighted by Gasteiger charge is -2.14. The molecule has 1 aliphatic heterocycles. The highest BCUT2D eigenvalue weighted by atomic mass is 32.2. The standard InChI is InChI=1S/C20H20N2O3S/c1-15(26-17-10-6-3-7-11-17)20(24)25-14-19(23)22-13-12-18(21-22)16-8-4-2-5-9-16/h2-11,15H,12-14H2,1H3/t15-/m1/s1. The third kappa shape index (κ3) is 4.73. The number of hydrogen-bond donors (Lipinski definition) is 0. The van der Waals surface area contributed by atoms with Crippen LogP contribution >= 0.6 is 11.8 Å². The van der Waals surface area contributed by atoms with Gasteiger partial charge in [0.2, 0.25) is 0 Å². The molecule has 0 aromatic heterocycles. The molecule has 0 unspecified atom stereocenters. The van der Waals surface area contributed by atoms with Gasteiger partial charge in [-0.3, -0.25) is 9.59 Å². The third-order valence-electron chi connectivity index (χ3n) is 3.92. The topological polar surface area (TPSA) is 59.0 Å². The van der Waals surface area contributed by atoms with Gasteiger partial charge in [0.05, 0.1) is 12.3 Å². The van der Waals surface area contributed by atoms with Crippen LogP contribution in [-0.2, 0) is 14.3 Å². The van der Waals surface area contributed by atoms with Crippen molar-refractivity contribution in [1.82, 2.24) is 5.01 Å². The van der Waals surface area contributed by atoms with Crippen molar-refractivity contribution < 1.29 is 14.3 Å². The maximum Gasteiger partial charge on any atom is 0.319 e. The second-order valence-electron chi connectivity index (χ2n) is 5.86. The number of nitrogens with zero attached hydrogens (tertiary/aromatic N) is 2. The Labute approximate surface area is 157 Å². The van der Waals surface area contributed by atoms with Gasteiger partial charge in [0.25, 0.3) is 5.91 Å². The second-order valence-corrected chi connectivity index (χ2v) is 7.27. The highest BCUT2D eigenvalue weighted by molar-refractivity contribution is 8.00. The molecular weight excluding hydrogens is 348 g/mol. The van der Waals surface area contributed by atoms with E-state index in [2.05, 4.69) is 5.10 Å². The molecule has 2 aromatic rings. The first-order chi connectivity index (χ1) is 12.6. The number of carbonyl (C=O) groups is 2. The largest absolute Gasteiger partial charge is 0.455 e. The highest BCUT2D eigenvalue weighted by Gasteiger charge is 2.24. The van der Waals surface area contributed by atoms with E-state index in [-0.39, 0.29) is 17.8 Å². The van der Waals surface area contributed by atoms with E-state index in [4.69, 9.17) is 4.74 Å². The lowest BCUT2D eigenvalue weighted by molar-refractivity contribution is -0.151. The minimum atomic E-state index is -0.404. The Kier molecular flexibility index (Phi) is 6.07. The first-order valence-corrected chi connectivity index (χ1v) is 9.33. The molecule has 2 aromatic carbocycles. The molecule has 1 amide bonds. The molecule has 3 rings (SSSR count). The number of hydrogen-bond acceptors (Lipinski definition) is 5. The van der Waals surface area contributed by atoms with E-state index in [9.17, 15) is 9.59 Å². The zero-order valence-corrected chi connectivity index (χ0v) is 15.3. The fraction of sp³-hybridized carbons (Fsp3) is 0.250. The molecule has 5 nitrogen and oxygen atoms in total. The van der Waals surface area contributed by atoms with Gasteiger partial charge < -0.3 is 4.74 Å². The van der Waals surface area contributed by atoms with Crippen LogP contribution in [0.1, 0.15) is 18.9 Å². The summed E-state index contributed by atoms with van der Waals surface area (Å²) < 4.78 is 5.17. The number of carbonyl (C=O) groups excluding carboxylic acids is 2. The Morgan fingerprint density at radius 3 is 2.46 bits per heavy atom. The zero-order chi connectivity index (χ0) is 18.4. The van der Waals surface area contributed by atoms with E-state index >= 15 is 0 Å². The summed E-state index contributed by atoms with van der Waals surface area (Å²) in [6.45, 7) is 1.99. The smallest absolute Gasteiger partial charge is 0.319 e. The molecule has 0 saturated heterocycles. The van der Waals surface area contributed by atoms with Crippen molar-refractivity contribution in [1.29, 1.82) is 0 Å². The molecule has 6 heteroatoms. The van der Waals surface area contributed by atoms with Gasteiger partial charge >= 0.3 is 5.97 Å². The predicted octanol–water partition coefficient (Wildman–Crippen LogP) is 3.35. The van der Waals surface area contributed by atoms with Gasteiger partial charge in [-0.1, -0.05) is 48.5 Å². The molecule has 0 aliphatic carbocycles. The van der Waals surface area contributed by atoms with Crippen molar-refractivity contribution in [3.63, 3.8) is 0 Å². The van der Waals surface area contributed by atoms with Crippen LogP contribution in [0.4, 0.5) is 0 Å². The maximum atomic E-state index is 12.2. The van der Waals surface area contributed by atoms with Gasteiger partial charge in [-0.25, -0.2) is 5.01 Å². The number of amides is 1. The predicted molar refractivity (Wildman–Crippen MR) is 102 cm³/mol. The van der Waals surface area contributed by atoms with Crippen molar-refractivity contribution in [3.8, 4) is 0 Å². The number of esters is 1. The van der Waals surface area contributed by atoms with Crippen molar-refractivity contribution in [3.05, 3.63) is 66.2 Å². The molecule has 0 saturated carbocycles. The lowest BCUT2D eigenvalue weighted by atomic mass is 10.1. The van der Waals surface area contributed by atoms with E-state index in [1.165, 1.54) is 16.8 Å². The molecular formula is C20H20N2O3S. The first-order valence-electron chi connectivity index (χ1n) is 8.45. The van der Waals surface area contributed by atoms with Gasteiger partial charge in [-0.2, -0.15) is 5.10 Å². The van der Waals surface area contributed by atoms with Crippen LogP contribution < -0.4 is 0 Å². The maximum absolute atomic E-state index is 12.2.